The van der Waals surface area contributed by atoms with Gasteiger partial charge in [0.15, 0.2) is 0 Å². The molecule has 1 saturated heterocycles. The Morgan fingerprint density at radius 2 is 2.08 bits per heavy atom. The van der Waals surface area contributed by atoms with Crippen LogP contribution in [0.1, 0.15) is 18.7 Å². The van der Waals surface area contributed by atoms with Gasteiger partial charge in [0.2, 0.25) is 17.6 Å². The van der Waals surface area contributed by atoms with Gasteiger partial charge in [0.05, 0.1) is 6.54 Å². The maximum Gasteiger partial charge on any atom is 0.322 e. The Kier molecular flexibility index (Phi) is 4.68. The van der Waals surface area contributed by atoms with Crippen molar-refractivity contribution in [1.29, 1.82) is 0 Å². The fourth-order valence-electron chi connectivity index (χ4n) is 2.35. The van der Waals surface area contributed by atoms with Gasteiger partial charge < -0.3 is 14.7 Å². The van der Waals surface area contributed by atoms with Gasteiger partial charge in [-0.05, 0) is 18.6 Å². The molecule has 0 saturated carbocycles. The van der Waals surface area contributed by atoms with Crippen LogP contribution >= 0.6 is 0 Å². The Morgan fingerprint density at radius 1 is 1.32 bits per heavy atom. The second-order valence-electron chi connectivity index (χ2n) is 5.55. The second-order valence-corrected chi connectivity index (χ2v) is 5.55. The number of rotatable bonds is 6. The zero-order valence-corrected chi connectivity index (χ0v) is 13.4. The van der Waals surface area contributed by atoms with E-state index >= 15 is 0 Å². The summed E-state index contributed by atoms with van der Waals surface area (Å²) in [5, 5.41) is 8.45. The van der Waals surface area contributed by atoms with Crippen molar-refractivity contribution in [3.05, 3.63) is 30.4 Å². The van der Waals surface area contributed by atoms with E-state index in [9.17, 15) is 14.4 Å². The summed E-state index contributed by atoms with van der Waals surface area (Å²) in [5.74, 6) is 0.107. The lowest BCUT2D eigenvalue weighted by Gasteiger charge is -2.15. The average Bonchev–Trinajstić information content (AvgIpc) is 3.19. The Balaban J connectivity index is 1.52. The van der Waals surface area contributed by atoms with E-state index in [0.717, 1.165) is 5.56 Å². The van der Waals surface area contributed by atoms with Crippen LogP contribution in [-0.2, 0) is 16.1 Å². The Morgan fingerprint density at radius 3 is 2.76 bits per heavy atom. The summed E-state index contributed by atoms with van der Waals surface area (Å²) in [5.41, 5.74) is 0.766. The molecule has 2 N–H and O–H groups in total. The first-order chi connectivity index (χ1) is 12.0. The summed E-state index contributed by atoms with van der Waals surface area (Å²) in [6.45, 7) is 0.153. The third kappa shape index (κ3) is 3.97. The summed E-state index contributed by atoms with van der Waals surface area (Å²) in [6, 6.07) is 2.30. The number of amides is 4. The van der Waals surface area contributed by atoms with E-state index in [0.29, 0.717) is 11.7 Å². The Bertz CT molecular complexity index is 790. The number of nitrogens with one attached hydrogen (secondary N) is 2. The number of aromatic nitrogens is 3. The molecule has 1 fully saturated rings. The molecule has 3 heterocycles. The van der Waals surface area contributed by atoms with Crippen molar-refractivity contribution < 1.29 is 18.9 Å². The fourth-order valence-corrected chi connectivity index (χ4v) is 2.35. The molecule has 4 amide bonds. The van der Waals surface area contributed by atoms with Crippen molar-refractivity contribution in [3.63, 3.8) is 0 Å². The van der Waals surface area contributed by atoms with Crippen LogP contribution in [0.2, 0.25) is 0 Å². The maximum absolute atomic E-state index is 12.2. The van der Waals surface area contributed by atoms with Crippen LogP contribution in [0.25, 0.3) is 11.4 Å². The molecule has 0 radical (unpaired) electrons. The standard InChI is InChI=1S/C15H16N6O4/c1-21(12(22)3-2-10-14(23)19-15(24)17-10)8-11-18-13(20-25-11)9-4-6-16-7-5-9/h4-7,10H,2-3,8H2,1H3,(H2,17,19,23,24)/t10-/m0/s1. The molecule has 0 unspecified atom stereocenters. The third-order valence-electron chi connectivity index (χ3n) is 3.71. The first-order valence-electron chi connectivity index (χ1n) is 7.61. The monoisotopic (exact) mass is 344 g/mol. The van der Waals surface area contributed by atoms with Gasteiger partial charge in [0.1, 0.15) is 6.04 Å². The Hall–Kier alpha value is -3.30. The van der Waals surface area contributed by atoms with Crippen LogP contribution in [0.3, 0.4) is 0 Å². The lowest BCUT2D eigenvalue weighted by Crippen LogP contribution is -2.32. The fraction of sp³-hybridized carbons (Fsp3) is 0.333. The van der Waals surface area contributed by atoms with Gasteiger partial charge >= 0.3 is 6.03 Å². The highest BCUT2D eigenvalue weighted by atomic mass is 16.5. The normalized spacial score (nSPS) is 16.4. The first-order valence-corrected chi connectivity index (χ1v) is 7.61. The summed E-state index contributed by atoms with van der Waals surface area (Å²) in [4.78, 5) is 44.2. The molecule has 1 atom stereocenters. The number of pyridine rings is 1. The molecule has 2 aromatic heterocycles. The zero-order chi connectivity index (χ0) is 17.8. The molecule has 10 nitrogen and oxygen atoms in total. The molecule has 25 heavy (non-hydrogen) atoms. The molecular formula is C15H16N6O4. The molecule has 10 heteroatoms. The van der Waals surface area contributed by atoms with Crippen LogP contribution < -0.4 is 10.6 Å². The lowest BCUT2D eigenvalue weighted by molar-refractivity contribution is -0.131. The predicted molar refractivity (Wildman–Crippen MR) is 83.7 cm³/mol. The largest absolute Gasteiger partial charge is 0.337 e. The smallest absolute Gasteiger partial charge is 0.322 e. The molecule has 0 aliphatic carbocycles. The number of hydrogen-bond acceptors (Lipinski definition) is 7. The lowest BCUT2D eigenvalue weighted by atomic mass is 10.1. The number of carbonyl (C=O) groups excluding carboxylic acids is 3. The molecule has 2 aromatic rings. The van der Waals surface area contributed by atoms with E-state index in [2.05, 4.69) is 25.8 Å². The zero-order valence-electron chi connectivity index (χ0n) is 13.4. The molecule has 0 bridgehead atoms. The predicted octanol–water partition coefficient (Wildman–Crippen LogP) is 0.0782. The number of imide groups is 1. The molecule has 130 valence electrons. The van der Waals surface area contributed by atoms with Crippen molar-refractivity contribution in [2.24, 2.45) is 0 Å². The van der Waals surface area contributed by atoms with Crippen molar-refractivity contribution in [1.82, 2.24) is 30.7 Å². The minimum absolute atomic E-state index is 0.111. The minimum Gasteiger partial charge on any atom is -0.337 e. The van der Waals surface area contributed by atoms with Crippen molar-refractivity contribution >= 4 is 17.8 Å². The van der Waals surface area contributed by atoms with E-state index in [1.165, 1.54) is 4.90 Å². The van der Waals surface area contributed by atoms with Gasteiger partial charge in [0.25, 0.3) is 5.91 Å². The van der Waals surface area contributed by atoms with Crippen molar-refractivity contribution in [2.75, 3.05) is 7.05 Å². The molecule has 3 rings (SSSR count). The van der Waals surface area contributed by atoms with Gasteiger partial charge in [-0.1, -0.05) is 5.16 Å². The second kappa shape index (κ2) is 7.07. The summed E-state index contributed by atoms with van der Waals surface area (Å²) >= 11 is 0. The molecule has 0 aromatic carbocycles. The van der Waals surface area contributed by atoms with Gasteiger partial charge in [0, 0.05) is 31.4 Å². The first kappa shape index (κ1) is 16.6. The van der Waals surface area contributed by atoms with Crippen LogP contribution in [0, 0.1) is 0 Å². The average molecular weight is 344 g/mol. The highest BCUT2D eigenvalue weighted by Gasteiger charge is 2.29. The van der Waals surface area contributed by atoms with Crippen LogP contribution in [-0.4, -0.2) is 51.0 Å². The Labute approximate surface area is 142 Å². The van der Waals surface area contributed by atoms with E-state index in [4.69, 9.17) is 4.52 Å². The molecular weight excluding hydrogens is 328 g/mol. The molecule has 1 aliphatic heterocycles. The molecule has 0 spiro atoms. The van der Waals surface area contributed by atoms with E-state index in [1.54, 1.807) is 31.6 Å². The number of hydrogen-bond donors (Lipinski definition) is 2. The summed E-state index contributed by atoms with van der Waals surface area (Å²) in [7, 11) is 1.60. The summed E-state index contributed by atoms with van der Waals surface area (Å²) in [6.07, 6.45) is 3.59. The quantitative estimate of drug-likeness (QED) is 0.709. The van der Waals surface area contributed by atoms with Gasteiger partial charge in [-0.3, -0.25) is 19.9 Å². The van der Waals surface area contributed by atoms with Crippen LogP contribution in [0.15, 0.2) is 29.0 Å². The highest BCUT2D eigenvalue weighted by Crippen LogP contribution is 2.15. The highest BCUT2D eigenvalue weighted by molar-refractivity contribution is 6.04. The van der Waals surface area contributed by atoms with E-state index in [1.807, 2.05) is 0 Å². The SMILES string of the molecule is CN(Cc1nc(-c2ccncc2)no1)C(=O)CC[C@@H]1NC(=O)NC1=O. The van der Waals surface area contributed by atoms with Crippen LogP contribution in [0.4, 0.5) is 4.79 Å². The van der Waals surface area contributed by atoms with Gasteiger partial charge in [-0.2, -0.15) is 4.98 Å². The maximum atomic E-state index is 12.2. The van der Waals surface area contributed by atoms with Crippen molar-refractivity contribution in [2.45, 2.75) is 25.4 Å². The third-order valence-corrected chi connectivity index (χ3v) is 3.71. The molecule has 1 aliphatic rings. The minimum atomic E-state index is -0.674. The van der Waals surface area contributed by atoms with Crippen molar-refractivity contribution in [3.8, 4) is 11.4 Å². The van der Waals surface area contributed by atoms with Crippen LogP contribution in [0.5, 0.6) is 0 Å². The van der Waals surface area contributed by atoms with E-state index < -0.39 is 18.0 Å². The summed E-state index contributed by atoms with van der Waals surface area (Å²) < 4.78 is 5.15. The van der Waals surface area contributed by atoms with Gasteiger partial charge in [-0.25, -0.2) is 4.79 Å². The topological polar surface area (TPSA) is 130 Å². The number of nitrogens with zero attached hydrogens (tertiary/aromatic N) is 4. The van der Waals surface area contributed by atoms with E-state index in [-0.39, 0.29) is 25.3 Å². The van der Waals surface area contributed by atoms with Gasteiger partial charge in [-0.15, -0.1) is 0 Å². The number of carbonyl (C=O) groups is 3. The number of urea groups is 1.